The topological polar surface area (TPSA) is 68.3 Å². The van der Waals surface area contributed by atoms with E-state index in [9.17, 15) is 8.78 Å². The molecule has 2 N–H and O–H groups in total. The maximum absolute atomic E-state index is 13.3. The van der Waals surface area contributed by atoms with E-state index in [0.717, 1.165) is 13.1 Å². The number of halogens is 2. The van der Waals surface area contributed by atoms with Crippen LogP contribution >= 0.6 is 0 Å². The maximum Gasteiger partial charge on any atom is 0.149 e. The normalized spacial score (nSPS) is 25.4. The molecular weight excluding hydrogens is 390 g/mol. The lowest BCUT2D eigenvalue weighted by Gasteiger charge is -2.27. The minimum Gasteiger partial charge on any atom is -0.486 e. The van der Waals surface area contributed by atoms with Gasteiger partial charge in [-0.15, -0.1) is 0 Å². The Morgan fingerprint density at radius 1 is 0.767 bits per heavy atom. The van der Waals surface area contributed by atoms with Gasteiger partial charge in [-0.05, 0) is 50.2 Å². The van der Waals surface area contributed by atoms with Gasteiger partial charge in [0.25, 0.3) is 0 Å². The van der Waals surface area contributed by atoms with E-state index in [1.54, 1.807) is 49.1 Å². The third-order valence-electron chi connectivity index (χ3n) is 4.54. The van der Waals surface area contributed by atoms with Gasteiger partial charge in [0.1, 0.15) is 36.1 Å². The molecule has 8 heteroatoms. The van der Waals surface area contributed by atoms with Crippen LogP contribution in [0.4, 0.5) is 8.78 Å². The molecule has 0 radical (unpaired) electrons. The summed E-state index contributed by atoms with van der Waals surface area (Å²) in [5.41, 5.74) is 0. The number of aromatic nitrogens is 2. The fourth-order valence-electron chi connectivity index (χ4n) is 3.04. The van der Waals surface area contributed by atoms with Crippen LogP contribution in [0, 0.1) is 0 Å². The number of ether oxygens (including phenoxy) is 2. The molecule has 0 aliphatic carbocycles. The first-order valence-corrected chi connectivity index (χ1v) is 9.55. The highest BCUT2D eigenvalue weighted by atomic mass is 19.1. The zero-order chi connectivity index (χ0) is 19.6. The van der Waals surface area contributed by atoms with Gasteiger partial charge in [0.2, 0.25) is 0 Å². The predicted molar refractivity (Wildman–Crippen MR) is 116 cm³/mol. The number of pyridine rings is 2. The quantitative estimate of drug-likeness (QED) is 0.782. The number of nitrogens with one attached hydrogen (secondary N) is 2. The second-order valence-electron chi connectivity index (χ2n) is 6.71. The largest absolute Gasteiger partial charge is 0.486 e. The summed E-state index contributed by atoms with van der Waals surface area (Å²) in [6, 6.07) is 7.15. The maximum atomic E-state index is 13.3. The Morgan fingerprint density at radius 2 is 1.20 bits per heavy atom. The highest BCUT2D eigenvalue weighted by Gasteiger charge is 2.26. The van der Waals surface area contributed by atoms with Gasteiger partial charge in [-0.2, -0.15) is 0 Å². The van der Waals surface area contributed by atoms with Gasteiger partial charge >= 0.3 is 0 Å². The summed E-state index contributed by atoms with van der Waals surface area (Å²) in [6.07, 6.45) is 5.44. The second kappa shape index (κ2) is 13.8. The van der Waals surface area contributed by atoms with Gasteiger partial charge in [0.05, 0.1) is 12.4 Å². The highest BCUT2D eigenvalue weighted by molar-refractivity contribution is 5.17. The van der Waals surface area contributed by atoms with Crippen LogP contribution in [0.25, 0.3) is 0 Å². The number of alkyl halides is 2. The molecule has 4 heterocycles. The molecule has 2 aliphatic heterocycles. The first-order valence-electron chi connectivity index (χ1n) is 9.55. The summed E-state index contributed by atoms with van der Waals surface area (Å²) >= 11 is 0. The Hall–Kier alpha value is -2.32. The molecule has 30 heavy (non-hydrogen) atoms. The predicted octanol–water partition coefficient (Wildman–Crippen LogP) is 3.59. The second-order valence-corrected chi connectivity index (χ2v) is 6.71. The van der Waals surface area contributed by atoms with E-state index in [-0.39, 0.29) is 27.1 Å². The van der Waals surface area contributed by atoms with Gasteiger partial charge in [-0.25, -0.2) is 8.78 Å². The molecule has 6 nitrogen and oxygen atoms in total. The Bertz CT molecular complexity index is 622. The average Bonchev–Trinajstić information content (AvgIpc) is 2.74. The van der Waals surface area contributed by atoms with Crippen LogP contribution in [-0.2, 0) is 0 Å². The van der Waals surface area contributed by atoms with E-state index in [1.165, 1.54) is 0 Å². The van der Waals surface area contributed by atoms with E-state index < -0.39 is 12.3 Å². The molecule has 2 fully saturated rings. The minimum absolute atomic E-state index is 0. The lowest BCUT2D eigenvalue weighted by atomic mass is 10.1. The Labute approximate surface area is 178 Å². The smallest absolute Gasteiger partial charge is 0.149 e. The Balaban J connectivity index is 0.000000281. The standard InChI is InChI=1S/2C10H13FN2O.2CH4/c2*11-9-7-13-5-3-10(9)14-8-2-1-4-12-6-8;;/h2*1-2,4,6,9-10,13H,3,5,7H2;2*1H4/t2*9-,10+;;/m10../s1. The lowest BCUT2D eigenvalue weighted by Crippen LogP contribution is -2.44. The molecule has 0 aromatic carbocycles. The van der Waals surface area contributed by atoms with Crippen molar-refractivity contribution in [3.63, 3.8) is 0 Å². The van der Waals surface area contributed by atoms with Crippen LogP contribution in [0.15, 0.2) is 49.1 Å². The number of hydrogen-bond acceptors (Lipinski definition) is 6. The molecule has 4 atom stereocenters. The van der Waals surface area contributed by atoms with Crippen molar-refractivity contribution in [1.82, 2.24) is 20.6 Å². The fourth-order valence-corrected chi connectivity index (χ4v) is 3.04. The van der Waals surface area contributed by atoms with E-state index in [0.29, 0.717) is 37.4 Å². The summed E-state index contributed by atoms with van der Waals surface area (Å²) in [7, 11) is 0. The molecule has 0 amide bonds. The van der Waals surface area contributed by atoms with Crippen molar-refractivity contribution in [2.24, 2.45) is 0 Å². The van der Waals surface area contributed by atoms with Crippen LogP contribution in [0.2, 0.25) is 0 Å². The number of hydrogen-bond donors (Lipinski definition) is 2. The van der Waals surface area contributed by atoms with Crippen molar-refractivity contribution >= 4 is 0 Å². The molecule has 168 valence electrons. The van der Waals surface area contributed by atoms with Crippen molar-refractivity contribution in [2.45, 2.75) is 52.2 Å². The van der Waals surface area contributed by atoms with Gasteiger partial charge in [0, 0.05) is 25.5 Å². The first-order chi connectivity index (χ1) is 13.7. The molecule has 2 aliphatic rings. The third-order valence-corrected chi connectivity index (χ3v) is 4.54. The van der Waals surface area contributed by atoms with Crippen LogP contribution in [-0.4, -0.2) is 60.7 Å². The molecule has 0 saturated carbocycles. The van der Waals surface area contributed by atoms with Crippen LogP contribution in [0.1, 0.15) is 27.7 Å². The van der Waals surface area contributed by atoms with Gasteiger partial charge in [-0.1, -0.05) is 14.9 Å². The van der Waals surface area contributed by atoms with Gasteiger partial charge in [-0.3, -0.25) is 9.97 Å². The summed E-state index contributed by atoms with van der Waals surface area (Å²) < 4.78 is 37.6. The summed E-state index contributed by atoms with van der Waals surface area (Å²) in [6.45, 7) is 2.38. The van der Waals surface area contributed by atoms with Crippen molar-refractivity contribution in [1.29, 1.82) is 0 Å². The van der Waals surface area contributed by atoms with E-state index >= 15 is 0 Å². The number of nitrogens with zero attached hydrogens (tertiary/aromatic N) is 2. The Morgan fingerprint density at radius 3 is 1.53 bits per heavy atom. The Kier molecular flexibility index (Phi) is 11.8. The van der Waals surface area contributed by atoms with E-state index in [4.69, 9.17) is 9.47 Å². The van der Waals surface area contributed by atoms with E-state index in [1.807, 2.05) is 0 Å². The summed E-state index contributed by atoms with van der Waals surface area (Å²) in [5, 5.41) is 5.96. The molecular formula is C22H34F2N4O2. The molecule has 0 unspecified atom stereocenters. The van der Waals surface area contributed by atoms with Crippen molar-refractivity contribution < 1.29 is 18.3 Å². The van der Waals surface area contributed by atoms with Crippen molar-refractivity contribution in [2.75, 3.05) is 26.2 Å². The molecule has 4 rings (SSSR count). The molecule has 0 bridgehead atoms. The SMILES string of the molecule is C.C.F[C@@H]1CNCC[C@@H]1Oc1cccnc1.F[C@H]1CNCC[C@H]1Oc1cccnc1. The zero-order valence-electron chi connectivity index (χ0n) is 15.6. The average molecular weight is 425 g/mol. The highest BCUT2D eigenvalue weighted by Crippen LogP contribution is 2.17. The third kappa shape index (κ3) is 8.20. The van der Waals surface area contributed by atoms with Crippen LogP contribution in [0.5, 0.6) is 11.5 Å². The number of rotatable bonds is 4. The fraction of sp³-hybridized carbons (Fsp3) is 0.545. The monoisotopic (exact) mass is 424 g/mol. The molecule has 0 spiro atoms. The van der Waals surface area contributed by atoms with Crippen molar-refractivity contribution in [3.8, 4) is 11.5 Å². The number of piperidine rings is 2. The van der Waals surface area contributed by atoms with Crippen LogP contribution < -0.4 is 20.1 Å². The lowest BCUT2D eigenvalue weighted by molar-refractivity contribution is 0.0728. The van der Waals surface area contributed by atoms with Crippen LogP contribution in [0.3, 0.4) is 0 Å². The molecule has 2 aromatic rings. The summed E-state index contributed by atoms with van der Waals surface area (Å²) in [4.78, 5) is 7.82. The minimum atomic E-state index is -0.927. The first kappa shape index (κ1) is 25.7. The molecule has 2 saturated heterocycles. The molecule has 2 aromatic heterocycles. The van der Waals surface area contributed by atoms with Crippen molar-refractivity contribution in [3.05, 3.63) is 49.1 Å². The zero-order valence-corrected chi connectivity index (χ0v) is 15.6. The van der Waals surface area contributed by atoms with Gasteiger partial charge < -0.3 is 20.1 Å². The summed E-state index contributed by atoms with van der Waals surface area (Å²) in [5.74, 6) is 1.28. The van der Waals surface area contributed by atoms with Gasteiger partial charge in [0.15, 0.2) is 0 Å². The van der Waals surface area contributed by atoms with E-state index in [2.05, 4.69) is 20.6 Å².